The zero-order valence-electron chi connectivity index (χ0n) is 16.4. The third kappa shape index (κ3) is 5.40. The van der Waals surface area contributed by atoms with Gasteiger partial charge >= 0.3 is 0 Å². The summed E-state index contributed by atoms with van der Waals surface area (Å²) in [5.41, 5.74) is 0.882. The van der Waals surface area contributed by atoms with Crippen LogP contribution in [0.2, 0.25) is 0 Å². The molecule has 2 amide bonds. The molecule has 0 bridgehead atoms. The average molecular weight is 455 g/mol. The summed E-state index contributed by atoms with van der Waals surface area (Å²) in [7, 11) is 1.75. The van der Waals surface area contributed by atoms with Crippen LogP contribution in [0.1, 0.15) is 6.92 Å². The topological polar surface area (TPSA) is 65.5 Å². The minimum atomic E-state index is -0.219. The molecule has 6 nitrogen and oxygen atoms in total. The van der Waals surface area contributed by atoms with E-state index in [0.717, 1.165) is 20.9 Å². The van der Waals surface area contributed by atoms with Gasteiger partial charge in [-0.05, 0) is 53.5 Å². The highest BCUT2D eigenvalue weighted by molar-refractivity contribution is 9.10. The highest BCUT2D eigenvalue weighted by Gasteiger charge is 2.19. The number of carbonyl (C=O) groups excluding carboxylic acids is 2. The van der Waals surface area contributed by atoms with Crippen molar-refractivity contribution in [2.75, 3.05) is 36.9 Å². The molecule has 0 spiro atoms. The number of hydrogen-bond donors (Lipinski definition) is 1. The van der Waals surface area contributed by atoms with Crippen molar-refractivity contribution in [3.63, 3.8) is 0 Å². The van der Waals surface area contributed by atoms with Gasteiger partial charge in [-0.3, -0.25) is 14.5 Å². The van der Waals surface area contributed by atoms with Crippen LogP contribution in [0.15, 0.2) is 65.3 Å². The Labute approximate surface area is 178 Å². The van der Waals surface area contributed by atoms with Crippen LogP contribution < -0.4 is 10.2 Å². The molecule has 0 saturated carbocycles. The number of nitrogens with one attached hydrogen (secondary N) is 1. The lowest BCUT2D eigenvalue weighted by molar-refractivity contribution is -0.121. The number of hydrogen-bond acceptors (Lipinski definition) is 4. The molecule has 0 unspecified atom stereocenters. The maximum Gasteiger partial charge on any atom is 0.241 e. The Morgan fingerprint density at radius 2 is 1.79 bits per heavy atom. The van der Waals surface area contributed by atoms with Crippen LogP contribution in [0.5, 0.6) is 0 Å². The second-order valence-corrected chi connectivity index (χ2v) is 7.63. The van der Waals surface area contributed by atoms with Gasteiger partial charge in [0.15, 0.2) is 0 Å². The Morgan fingerprint density at radius 1 is 1.03 bits per heavy atom. The number of carbonyl (C=O) groups is 2. The summed E-state index contributed by atoms with van der Waals surface area (Å²) in [4.78, 5) is 32.8. The molecule has 1 aromatic heterocycles. The smallest absolute Gasteiger partial charge is 0.241 e. The van der Waals surface area contributed by atoms with Crippen molar-refractivity contribution in [2.45, 2.75) is 6.92 Å². The van der Waals surface area contributed by atoms with Gasteiger partial charge in [0.05, 0.1) is 18.8 Å². The SMILES string of the molecule is CCN(C(=O)CN(C)CC(=O)Nc1ccc(Br)cn1)c1cccc2ccccc12. The highest BCUT2D eigenvalue weighted by atomic mass is 79.9. The second-order valence-electron chi connectivity index (χ2n) is 6.72. The van der Waals surface area contributed by atoms with E-state index in [9.17, 15) is 9.59 Å². The van der Waals surface area contributed by atoms with Crippen molar-refractivity contribution in [1.29, 1.82) is 0 Å². The lowest BCUT2D eigenvalue weighted by Gasteiger charge is -2.25. The van der Waals surface area contributed by atoms with Crippen LogP contribution in [0.25, 0.3) is 10.8 Å². The van der Waals surface area contributed by atoms with Crippen LogP contribution in [-0.4, -0.2) is 48.4 Å². The van der Waals surface area contributed by atoms with Gasteiger partial charge in [0.2, 0.25) is 11.8 Å². The second kappa shape index (κ2) is 9.62. The van der Waals surface area contributed by atoms with Gasteiger partial charge in [-0.15, -0.1) is 0 Å². The summed E-state index contributed by atoms with van der Waals surface area (Å²) in [5, 5.41) is 4.86. The number of pyridine rings is 1. The number of halogens is 1. The lowest BCUT2D eigenvalue weighted by Crippen LogP contribution is -2.41. The molecule has 150 valence electrons. The first-order valence-electron chi connectivity index (χ1n) is 9.36. The number of aromatic nitrogens is 1. The molecule has 0 fully saturated rings. The van der Waals surface area contributed by atoms with Gasteiger partial charge in [-0.1, -0.05) is 36.4 Å². The molecule has 2 aromatic carbocycles. The zero-order valence-corrected chi connectivity index (χ0v) is 18.0. The van der Waals surface area contributed by atoms with Crippen LogP contribution >= 0.6 is 15.9 Å². The molecule has 0 aliphatic heterocycles. The molecule has 0 aliphatic carbocycles. The quantitative estimate of drug-likeness (QED) is 0.587. The molecule has 29 heavy (non-hydrogen) atoms. The molecular weight excluding hydrogens is 432 g/mol. The molecule has 0 saturated heterocycles. The van der Waals surface area contributed by atoms with Crippen molar-refractivity contribution in [3.8, 4) is 0 Å². The Bertz CT molecular complexity index is 1000. The van der Waals surface area contributed by atoms with E-state index in [4.69, 9.17) is 0 Å². The zero-order chi connectivity index (χ0) is 20.8. The minimum absolute atomic E-state index is 0.0547. The van der Waals surface area contributed by atoms with E-state index in [1.54, 1.807) is 35.2 Å². The maximum absolute atomic E-state index is 12.9. The number of rotatable bonds is 7. The first-order chi connectivity index (χ1) is 14.0. The van der Waals surface area contributed by atoms with E-state index < -0.39 is 0 Å². The summed E-state index contributed by atoms with van der Waals surface area (Å²) in [6.07, 6.45) is 1.62. The molecule has 3 aromatic rings. The number of likely N-dealkylation sites (N-methyl/N-ethyl adjacent to an activating group) is 2. The fraction of sp³-hybridized carbons (Fsp3) is 0.227. The van der Waals surface area contributed by atoms with Crippen LogP contribution in [0, 0.1) is 0 Å². The van der Waals surface area contributed by atoms with Crippen molar-refractivity contribution >= 4 is 50.0 Å². The monoisotopic (exact) mass is 454 g/mol. The third-order valence-electron chi connectivity index (χ3n) is 4.49. The molecule has 0 atom stereocenters. The molecule has 1 N–H and O–H groups in total. The first kappa shape index (κ1) is 21.0. The fourth-order valence-corrected chi connectivity index (χ4v) is 3.41. The molecule has 7 heteroatoms. The van der Waals surface area contributed by atoms with E-state index in [1.807, 2.05) is 49.4 Å². The number of amides is 2. The fourth-order valence-electron chi connectivity index (χ4n) is 3.17. The van der Waals surface area contributed by atoms with Crippen molar-refractivity contribution in [2.24, 2.45) is 0 Å². The molecular formula is C22H23BrN4O2. The predicted molar refractivity (Wildman–Crippen MR) is 120 cm³/mol. The van der Waals surface area contributed by atoms with E-state index >= 15 is 0 Å². The Morgan fingerprint density at radius 3 is 2.52 bits per heavy atom. The Balaban J connectivity index is 1.64. The molecule has 0 radical (unpaired) electrons. The Kier molecular flexibility index (Phi) is 6.95. The average Bonchev–Trinajstić information content (AvgIpc) is 2.70. The number of fused-ring (bicyclic) bond motifs is 1. The standard InChI is InChI=1S/C22H23BrN4O2/c1-3-27(19-10-6-8-16-7-4-5-9-18(16)19)22(29)15-26(2)14-21(28)25-20-12-11-17(23)13-24-20/h4-13H,3,14-15H2,1-2H3,(H,24,25,28). The van der Waals surface area contributed by atoms with Crippen LogP contribution in [-0.2, 0) is 9.59 Å². The van der Waals surface area contributed by atoms with E-state index in [0.29, 0.717) is 12.4 Å². The predicted octanol–water partition coefficient (Wildman–Crippen LogP) is 3.92. The van der Waals surface area contributed by atoms with Gasteiger partial charge in [-0.2, -0.15) is 0 Å². The summed E-state index contributed by atoms with van der Waals surface area (Å²) < 4.78 is 0.839. The van der Waals surface area contributed by atoms with E-state index in [-0.39, 0.29) is 24.9 Å². The highest BCUT2D eigenvalue weighted by Crippen LogP contribution is 2.26. The summed E-state index contributed by atoms with van der Waals surface area (Å²) in [6, 6.07) is 17.5. The molecule has 3 rings (SSSR count). The number of nitrogens with zero attached hydrogens (tertiary/aromatic N) is 3. The lowest BCUT2D eigenvalue weighted by atomic mass is 10.1. The van der Waals surface area contributed by atoms with Gasteiger partial charge in [0.25, 0.3) is 0 Å². The maximum atomic E-state index is 12.9. The van der Waals surface area contributed by atoms with E-state index in [1.165, 1.54) is 0 Å². The van der Waals surface area contributed by atoms with Crippen molar-refractivity contribution < 1.29 is 9.59 Å². The van der Waals surface area contributed by atoms with Gasteiger partial charge in [0.1, 0.15) is 5.82 Å². The summed E-state index contributed by atoms with van der Waals surface area (Å²) in [6.45, 7) is 2.73. The third-order valence-corrected chi connectivity index (χ3v) is 4.96. The number of benzene rings is 2. The summed E-state index contributed by atoms with van der Waals surface area (Å²) in [5.74, 6) is 0.202. The van der Waals surface area contributed by atoms with Gasteiger partial charge in [0, 0.05) is 22.6 Å². The van der Waals surface area contributed by atoms with Gasteiger partial charge in [-0.25, -0.2) is 4.98 Å². The van der Waals surface area contributed by atoms with Crippen molar-refractivity contribution in [3.05, 3.63) is 65.3 Å². The first-order valence-corrected chi connectivity index (χ1v) is 10.2. The van der Waals surface area contributed by atoms with Crippen LogP contribution in [0.3, 0.4) is 0 Å². The van der Waals surface area contributed by atoms with Crippen LogP contribution in [0.4, 0.5) is 11.5 Å². The normalized spacial score (nSPS) is 10.9. The number of anilines is 2. The van der Waals surface area contributed by atoms with E-state index in [2.05, 4.69) is 26.2 Å². The molecule has 0 aliphatic rings. The van der Waals surface area contributed by atoms with Gasteiger partial charge < -0.3 is 10.2 Å². The van der Waals surface area contributed by atoms with Crippen molar-refractivity contribution in [1.82, 2.24) is 9.88 Å². The summed E-state index contributed by atoms with van der Waals surface area (Å²) >= 11 is 3.31. The minimum Gasteiger partial charge on any atom is -0.311 e. The Hall–Kier alpha value is -2.77. The molecule has 1 heterocycles. The largest absolute Gasteiger partial charge is 0.311 e.